The number of likely N-dealkylation sites (tertiary alicyclic amines) is 1. The van der Waals surface area contributed by atoms with E-state index in [1.54, 1.807) is 23.4 Å². The third kappa shape index (κ3) is 2.90. The van der Waals surface area contributed by atoms with Gasteiger partial charge in [0.05, 0.1) is 24.8 Å². The Hall–Kier alpha value is -2.34. The van der Waals surface area contributed by atoms with Gasteiger partial charge in [-0.1, -0.05) is 11.6 Å². The van der Waals surface area contributed by atoms with E-state index in [2.05, 4.69) is 9.97 Å². The largest absolute Gasteiger partial charge is 0.485 e. The quantitative estimate of drug-likeness (QED) is 0.928. The molecule has 0 spiro atoms. The minimum atomic E-state index is -0.408. The Morgan fingerprint density at radius 1 is 1.48 bits per heavy atom. The van der Waals surface area contributed by atoms with Crippen molar-refractivity contribution in [2.75, 3.05) is 13.1 Å². The fourth-order valence-corrected chi connectivity index (χ4v) is 2.22. The number of nitrogens with one attached hydrogen (secondary N) is 1. The second kappa shape index (κ2) is 5.57. The first-order valence-corrected chi connectivity index (χ1v) is 6.75. The Bertz CT molecular complexity index is 711. The molecule has 0 saturated carbocycles. The lowest BCUT2D eigenvalue weighted by molar-refractivity contribution is 0.0176. The molecule has 2 aromatic heterocycles. The monoisotopic (exact) mass is 305 g/mol. The first-order chi connectivity index (χ1) is 10.1. The van der Waals surface area contributed by atoms with Gasteiger partial charge in [0.25, 0.3) is 11.5 Å². The predicted molar refractivity (Wildman–Crippen MR) is 76.6 cm³/mol. The van der Waals surface area contributed by atoms with E-state index >= 15 is 0 Å². The first-order valence-electron chi connectivity index (χ1n) is 6.37. The van der Waals surface area contributed by atoms with Crippen molar-refractivity contribution in [2.45, 2.75) is 6.10 Å². The molecule has 108 valence electrons. The Balaban J connectivity index is 1.59. The molecule has 0 atom stereocenters. The van der Waals surface area contributed by atoms with Crippen LogP contribution >= 0.6 is 11.6 Å². The van der Waals surface area contributed by atoms with Crippen LogP contribution in [0.25, 0.3) is 0 Å². The Labute approximate surface area is 125 Å². The number of pyridine rings is 2. The number of H-pyrrole nitrogens is 1. The fourth-order valence-electron chi connectivity index (χ4n) is 2.05. The molecule has 1 amide bonds. The second-order valence-electron chi connectivity index (χ2n) is 4.70. The molecule has 21 heavy (non-hydrogen) atoms. The molecule has 7 heteroatoms. The Morgan fingerprint density at radius 2 is 2.29 bits per heavy atom. The van der Waals surface area contributed by atoms with Crippen molar-refractivity contribution in [3.05, 3.63) is 57.7 Å². The summed E-state index contributed by atoms with van der Waals surface area (Å²) in [7, 11) is 0. The van der Waals surface area contributed by atoms with Gasteiger partial charge >= 0.3 is 0 Å². The zero-order valence-corrected chi connectivity index (χ0v) is 11.7. The van der Waals surface area contributed by atoms with Gasteiger partial charge in [-0.25, -0.2) is 0 Å². The number of ether oxygens (including phenoxy) is 1. The maximum absolute atomic E-state index is 12.2. The molecule has 1 N–H and O–H groups in total. The summed E-state index contributed by atoms with van der Waals surface area (Å²) in [4.78, 5) is 31.4. The molecule has 0 bridgehead atoms. The van der Waals surface area contributed by atoms with E-state index in [1.807, 2.05) is 6.07 Å². The van der Waals surface area contributed by atoms with Crippen LogP contribution in [0.1, 0.15) is 10.4 Å². The van der Waals surface area contributed by atoms with Crippen molar-refractivity contribution in [1.82, 2.24) is 14.9 Å². The summed E-state index contributed by atoms with van der Waals surface area (Å²) >= 11 is 5.71. The summed E-state index contributed by atoms with van der Waals surface area (Å²) in [5, 5.41) is 0.00420. The van der Waals surface area contributed by atoms with Crippen LogP contribution in [0, 0.1) is 0 Å². The molecule has 0 unspecified atom stereocenters. The van der Waals surface area contributed by atoms with E-state index in [-0.39, 0.29) is 17.0 Å². The third-order valence-electron chi connectivity index (χ3n) is 3.18. The number of nitrogens with zero attached hydrogens (tertiary/aromatic N) is 2. The summed E-state index contributed by atoms with van der Waals surface area (Å²) < 4.78 is 5.67. The number of rotatable bonds is 3. The van der Waals surface area contributed by atoms with Gasteiger partial charge in [-0.3, -0.25) is 14.6 Å². The fraction of sp³-hybridized carbons (Fsp3) is 0.214. The van der Waals surface area contributed by atoms with Crippen LogP contribution in [0.2, 0.25) is 5.02 Å². The van der Waals surface area contributed by atoms with Crippen molar-refractivity contribution < 1.29 is 9.53 Å². The maximum atomic E-state index is 12.2. The number of carbonyl (C=O) groups excluding carboxylic acids is 1. The minimum absolute atomic E-state index is 0.00420. The van der Waals surface area contributed by atoms with Crippen LogP contribution in [-0.4, -0.2) is 40.0 Å². The molecule has 1 aliphatic heterocycles. The number of hydrogen-bond acceptors (Lipinski definition) is 4. The number of hydrogen-bond donors (Lipinski definition) is 1. The summed E-state index contributed by atoms with van der Waals surface area (Å²) in [6, 6.07) is 4.98. The SMILES string of the molecule is O=C(c1c[nH]c(=O)c(Cl)c1)N1CC(Oc2cccnc2)C1. The van der Waals surface area contributed by atoms with E-state index < -0.39 is 5.56 Å². The van der Waals surface area contributed by atoms with Crippen LogP contribution in [0.3, 0.4) is 0 Å². The number of carbonyl (C=O) groups is 1. The second-order valence-corrected chi connectivity index (χ2v) is 5.11. The molecule has 1 fully saturated rings. The van der Waals surface area contributed by atoms with Crippen LogP contribution in [0.4, 0.5) is 0 Å². The number of halogens is 1. The zero-order chi connectivity index (χ0) is 14.8. The van der Waals surface area contributed by atoms with Crippen LogP contribution in [0.15, 0.2) is 41.6 Å². The highest BCUT2D eigenvalue weighted by atomic mass is 35.5. The Kier molecular flexibility index (Phi) is 3.62. The summed E-state index contributed by atoms with van der Waals surface area (Å²) in [5.74, 6) is 0.501. The van der Waals surface area contributed by atoms with Gasteiger partial charge in [0.15, 0.2) is 0 Å². The van der Waals surface area contributed by atoms with Crippen molar-refractivity contribution in [1.29, 1.82) is 0 Å². The lowest BCUT2D eigenvalue weighted by Crippen LogP contribution is -2.56. The molecule has 1 saturated heterocycles. The zero-order valence-electron chi connectivity index (χ0n) is 11.0. The number of aromatic nitrogens is 2. The predicted octanol–water partition coefficient (Wildman–Crippen LogP) is 1.33. The molecular formula is C14H12ClN3O3. The smallest absolute Gasteiger partial charge is 0.266 e. The third-order valence-corrected chi connectivity index (χ3v) is 3.46. The van der Waals surface area contributed by atoms with Gasteiger partial charge in [-0.15, -0.1) is 0 Å². The van der Waals surface area contributed by atoms with Crippen molar-refractivity contribution >= 4 is 17.5 Å². The van der Waals surface area contributed by atoms with Crippen molar-refractivity contribution in [3.63, 3.8) is 0 Å². The highest BCUT2D eigenvalue weighted by molar-refractivity contribution is 6.30. The Morgan fingerprint density at radius 3 is 2.95 bits per heavy atom. The summed E-state index contributed by atoms with van der Waals surface area (Å²) in [5.41, 5.74) is -0.0472. The highest BCUT2D eigenvalue weighted by Gasteiger charge is 2.33. The van der Waals surface area contributed by atoms with Crippen LogP contribution in [0.5, 0.6) is 5.75 Å². The molecule has 3 rings (SSSR count). The molecule has 0 aliphatic carbocycles. The normalized spacial score (nSPS) is 14.6. The summed E-state index contributed by atoms with van der Waals surface area (Å²) in [6.45, 7) is 0.981. The van der Waals surface area contributed by atoms with E-state index in [0.717, 1.165) is 0 Å². The topological polar surface area (TPSA) is 75.3 Å². The van der Waals surface area contributed by atoms with Gasteiger partial charge in [0.2, 0.25) is 0 Å². The van der Waals surface area contributed by atoms with Crippen LogP contribution in [-0.2, 0) is 0 Å². The lowest BCUT2D eigenvalue weighted by Gasteiger charge is -2.38. The van der Waals surface area contributed by atoms with Gasteiger partial charge in [-0.05, 0) is 18.2 Å². The van der Waals surface area contributed by atoms with Gasteiger partial charge < -0.3 is 14.6 Å². The van der Waals surface area contributed by atoms with Crippen molar-refractivity contribution in [3.8, 4) is 5.75 Å². The molecule has 6 nitrogen and oxygen atoms in total. The average molecular weight is 306 g/mol. The van der Waals surface area contributed by atoms with E-state index in [4.69, 9.17) is 16.3 Å². The standard InChI is InChI=1S/C14H12ClN3O3/c15-12-4-9(5-17-13(12)19)14(20)18-7-11(8-18)21-10-2-1-3-16-6-10/h1-6,11H,7-8H2,(H,17,19). The van der Waals surface area contributed by atoms with Crippen molar-refractivity contribution in [2.24, 2.45) is 0 Å². The highest BCUT2D eigenvalue weighted by Crippen LogP contribution is 2.19. The molecule has 1 aliphatic rings. The number of aromatic amines is 1. The lowest BCUT2D eigenvalue weighted by atomic mass is 10.1. The first kappa shape index (κ1) is 13.6. The maximum Gasteiger partial charge on any atom is 0.266 e. The van der Waals surface area contributed by atoms with Crippen LogP contribution < -0.4 is 10.3 Å². The van der Waals surface area contributed by atoms with Gasteiger partial charge in [0, 0.05) is 12.4 Å². The molecular weight excluding hydrogens is 294 g/mol. The van der Waals surface area contributed by atoms with Gasteiger partial charge in [0.1, 0.15) is 16.9 Å². The summed E-state index contributed by atoms with van der Waals surface area (Å²) in [6.07, 6.45) is 4.62. The molecule has 0 aromatic carbocycles. The minimum Gasteiger partial charge on any atom is -0.485 e. The molecule has 3 heterocycles. The molecule has 2 aromatic rings. The van der Waals surface area contributed by atoms with Gasteiger partial charge in [-0.2, -0.15) is 0 Å². The van der Waals surface area contributed by atoms with E-state index in [0.29, 0.717) is 24.4 Å². The van der Waals surface area contributed by atoms with E-state index in [9.17, 15) is 9.59 Å². The molecule has 0 radical (unpaired) electrons. The number of amides is 1. The van der Waals surface area contributed by atoms with E-state index in [1.165, 1.54) is 12.3 Å². The average Bonchev–Trinajstić information content (AvgIpc) is 2.46.